The van der Waals surface area contributed by atoms with Crippen LogP contribution in [0.1, 0.15) is 39.5 Å². The molecular formula is C23H26FN5O2. The summed E-state index contributed by atoms with van der Waals surface area (Å²) in [4.78, 5) is 12.7. The predicted octanol–water partition coefficient (Wildman–Crippen LogP) is 3.82. The normalized spacial score (nSPS) is 30.2. The van der Waals surface area contributed by atoms with E-state index in [0.717, 1.165) is 24.9 Å². The highest BCUT2D eigenvalue weighted by Gasteiger charge is 2.53. The summed E-state index contributed by atoms with van der Waals surface area (Å²) >= 11 is 0. The van der Waals surface area contributed by atoms with E-state index < -0.39 is 17.8 Å². The van der Waals surface area contributed by atoms with Gasteiger partial charge in [0.2, 0.25) is 5.88 Å². The summed E-state index contributed by atoms with van der Waals surface area (Å²) in [7, 11) is 0. The lowest BCUT2D eigenvalue weighted by molar-refractivity contribution is -0.0625. The van der Waals surface area contributed by atoms with Gasteiger partial charge in [0.25, 0.3) is 0 Å². The molecule has 4 heterocycles. The molecule has 2 aromatic heterocycles. The van der Waals surface area contributed by atoms with Crippen LogP contribution in [0.25, 0.3) is 16.9 Å². The molecule has 2 saturated heterocycles. The van der Waals surface area contributed by atoms with E-state index in [2.05, 4.69) is 27.2 Å². The van der Waals surface area contributed by atoms with Gasteiger partial charge in [-0.25, -0.2) is 19.3 Å². The van der Waals surface area contributed by atoms with E-state index in [1.807, 2.05) is 13.0 Å². The molecule has 2 bridgehead atoms. The molecule has 2 aliphatic rings. The first-order valence-corrected chi connectivity index (χ1v) is 10.6. The third kappa shape index (κ3) is 3.65. The number of alkyl halides is 1. The lowest BCUT2D eigenvalue weighted by atomic mass is 9.69. The Labute approximate surface area is 180 Å². The Balaban J connectivity index is 1.34. The fourth-order valence-corrected chi connectivity index (χ4v) is 5.06. The zero-order valence-electron chi connectivity index (χ0n) is 17.6. The molecule has 7 nitrogen and oxygen atoms in total. The highest BCUT2D eigenvalue weighted by molar-refractivity contribution is 5.68. The van der Waals surface area contributed by atoms with Gasteiger partial charge in [0.05, 0.1) is 35.6 Å². The number of phenolic OH excluding ortho intramolecular Hbond substituents is 1. The number of benzene rings is 1. The minimum Gasteiger partial charge on any atom is -0.507 e. The summed E-state index contributed by atoms with van der Waals surface area (Å²) in [6.07, 6.45) is 9.89. The Bertz CT molecular complexity index is 1070. The van der Waals surface area contributed by atoms with Gasteiger partial charge in [-0.3, -0.25) is 0 Å². The Morgan fingerprint density at radius 2 is 2.10 bits per heavy atom. The maximum absolute atomic E-state index is 15.2. The smallest absolute Gasteiger partial charge is 0.232 e. The Kier molecular flexibility index (Phi) is 4.69. The molecular weight excluding hydrogens is 397 g/mol. The van der Waals surface area contributed by atoms with Crippen molar-refractivity contribution in [1.82, 2.24) is 24.8 Å². The zero-order valence-corrected chi connectivity index (χ0v) is 17.6. The molecule has 31 heavy (non-hydrogen) atoms. The SMILES string of the molecule is C[C@@]12CCC[C@@](C)(N1)[C@@H](F)[C@@H](Oc1cnc(-c3ccc(-n4ccnc4)cc3O)cn1)C2. The van der Waals surface area contributed by atoms with E-state index >= 15 is 4.39 Å². The van der Waals surface area contributed by atoms with Gasteiger partial charge in [-0.05, 0) is 45.2 Å². The average Bonchev–Trinajstić information content (AvgIpc) is 3.27. The molecule has 2 N–H and O–H groups in total. The highest BCUT2D eigenvalue weighted by Crippen LogP contribution is 2.42. The number of halogens is 1. The number of piperidine rings is 2. The van der Waals surface area contributed by atoms with Crippen LogP contribution >= 0.6 is 0 Å². The number of aromatic nitrogens is 4. The number of nitrogens with zero attached hydrogens (tertiary/aromatic N) is 4. The van der Waals surface area contributed by atoms with Crippen molar-refractivity contribution in [3.8, 4) is 28.6 Å². The summed E-state index contributed by atoms with van der Waals surface area (Å²) < 4.78 is 23.0. The van der Waals surface area contributed by atoms with Crippen molar-refractivity contribution in [3.63, 3.8) is 0 Å². The van der Waals surface area contributed by atoms with Crippen molar-refractivity contribution in [2.45, 2.75) is 62.9 Å². The van der Waals surface area contributed by atoms with Crippen molar-refractivity contribution in [2.75, 3.05) is 0 Å². The quantitative estimate of drug-likeness (QED) is 0.664. The second-order valence-corrected chi connectivity index (χ2v) is 9.13. The molecule has 0 amide bonds. The van der Waals surface area contributed by atoms with E-state index in [1.165, 1.54) is 6.20 Å². The third-order valence-corrected chi connectivity index (χ3v) is 6.56. The Morgan fingerprint density at radius 1 is 1.23 bits per heavy atom. The van der Waals surface area contributed by atoms with Crippen molar-refractivity contribution in [3.05, 3.63) is 49.3 Å². The molecule has 5 rings (SSSR count). The lowest BCUT2D eigenvalue weighted by Crippen LogP contribution is -2.71. The number of imidazole rings is 1. The van der Waals surface area contributed by atoms with E-state index in [0.29, 0.717) is 17.7 Å². The minimum atomic E-state index is -1.12. The Hall–Kier alpha value is -3.00. The molecule has 2 aliphatic heterocycles. The van der Waals surface area contributed by atoms with E-state index in [4.69, 9.17) is 4.74 Å². The summed E-state index contributed by atoms with van der Waals surface area (Å²) in [5.74, 6) is 0.378. The van der Waals surface area contributed by atoms with Gasteiger partial charge < -0.3 is 19.7 Å². The molecule has 0 spiro atoms. The highest BCUT2D eigenvalue weighted by atomic mass is 19.1. The largest absolute Gasteiger partial charge is 0.507 e. The molecule has 8 heteroatoms. The average molecular weight is 423 g/mol. The first-order chi connectivity index (χ1) is 14.9. The van der Waals surface area contributed by atoms with Gasteiger partial charge in [0.1, 0.15) is 11.9 Å². The fourth-order valence-electron chi connectivity index (χ4n) is 5.06. The molecule has 0 saturated carbocycles. The number of aromatic hydroxyl groups is 1. The number of hydrogen-bond donors (Lipinski definition) is 2. The number of rotatable bonds is 4. The van der Waals surface area contributed by atoms with Crippen LogP contribution in [-0.2, 0) is 0 Å². The molecule has 0 aliphatic carbocycles. The van der Waals surface area contributed by atoms with Crippen LogP contribution in [0.5, 0.6) is 11.6 Å². The van der Waals surface area contributed by atoms with Gasteiger partial charge in [-0.1, -0.05) is 0 Å². The van der Waals surface area contributed by atoms with Gasteiger partial charge >= 0.3 is 0 Å². The monoisotopic (exact) mass is 423 g/mol. The van der Waals surface area contributed by atoms with Gasteiger partial charge in [-0.2, -0.15) is 0 Å². The van der Waals surface area contributed by atoms with Crippen molar-refractivity contribution in [1.29, 1.82) is 0 Å². The maximum atomic E-state index is 15.2. The zero-order chi connectivity index (χ0) is 21.6. The standard InChI is InChI=1S/C23H26FN5O2/c1-22-6-3-7-23(2,28-22)21(24)19(11-22)31-20-13-26-17(12-27-20)16-5-4-15(10-18(16)30)29-9-8-25-14-29/h4-5,8-10,12-14,19,21,28,30H,3,6-7,11H2,1-2H3/t19-,21-,22-,23+/m0/s1. The number of phenols is 1. The van der Waals surface area contributed by atoms with Crippen molar-refractivity contribution < 1.29 is 14.2 Å². The van der Waals surface area contributed by atoms with Crippen molar-refractivity contribution >= 4 is 0 Å². The number of ether oxygens (including phenoxy) is 1. The molecule has 3 aromatic rings. The van der Waals surface area contributed by atoms with Gasteiger partial charge in [-0.15, -0.1) is 0 Å². The minimum absolute atomic E-state index is 0.0880. The van der Waals surface area contributed by atoms with Crippen LogP contribution in [-0.4, -0.2) is 48.0 Å². The summed E-state index contributed by atoms with van der Waals surface area (Å²) in [5.41, 5.74) is 1.16. The van der Waals surface area contributed by atoms with Crippen LogP contribution in [0.15, 0.2) is 49.3 Å². The summed E-state index contributed by atoms with van der Waals surface area (Å²) in [6.45, 7) is 4.08. The fraction of sp³-hybridized carbons (Fsp3) is 0.435. The first-order valence-electron chi connectivity index (χ1n) is 10.6. The van der Waals surface area contributed by atoms with E-state index in [1.54, 1.807) is 41.6 Å². The number of fused-ring (bicyclic) bond motifs is 2. The molecule has 1 aromatic carbocycles. The first kappa shape index (κ1) is 19.9. The van der Waals surface area contributed by atoms with Crippen LogP contribution < -0.4 is 10.1 Å². The number of nitrogens with one attached hydrogen (secondary N) is 1. The van der Waals surface area contributed by atoms with Crippen LogP contribution in [0, 0.1) is 0 Å². The molecule has 162 valence electrons. The van der Waals surface area contributed by atoms with E-state index in [-0.39, 0.29) is 17.2 Å². The topological polar surface area (TPSA) is 85.1 Å². The van der Waals surface area contributed by atoms with Crippen LogP contribution in [0.2, 0.25) is 0 Å². The van der Waals surface area contributed by atoms with Gasteiger partial charge in [0, 0.05) is 36.0 Å². The lowest BCUT2D eigenvalue weighted by Gasteiger charge is -2.54. The summed E-state index contributed by atoms with van der Waals surface area (Å²) in [5, 5.41) is 14.0. The third-order valence-electron chi connectivity index (χ3n) is 6.56. The predicted molar refractivity (Wildman–Crippen MR) is 114 cm³/mol. The molecule has 2 fully saturated rings. The van der Waals surface area contributed by atoms with E-state index in [9.17, 15) is 5.11 Å². The molecule has 0 radical (unpaired) electrons. The summed E-state index contributed by atoms with van der Waals surface area (Å²) in [6, 6.07) is 5.29. The Morgan fingerprint density at radius 3 is 2.81 bits per heavy atom. The second kappa shape index (κ2) is 7.30. The van der Waals surface area contributed by atoms with Crippen LogP contribution in [0.4, 0.5) is 4.39 Å². The molecule has 4 atom stereocenters. The number of hydrogen-bond acceptors (Lipinski definition) is 6. The van der Waals surface area contributed by atoms with Gasteiger partial charge in [0.15, 0.2) is 6.17 Å². The maximum Gasteiger partial charge on any atom is 0.232 e. The van der Waals surface area contributed by atoms with Crippen LogP contribution in [0.3, 0.4) is 0 Å². The molecule has 0 unspecified atom stereocenters. The van der Waals surface area contributed by atoms with Crippen molar-refractivity contribution in [2.24, 2.45) is 0 Å². The second-order valence-electron chi connectivity index (χ2n) is 9.13.